The highest BCUT2D eigenvalue weighted by Crippen LogP contribution is 2.33. The molecule has 0 fully saturated rings. The summed E-state index contributed by atoms with van der Waals surface area (Å²) < 4.78 is 5.84. The molecule has 0 aliphatic rings. The highest BCUT2D eigenvalue weighted by Gasteiger charge is 2.14. The fraction of sp³-hybridized carbons (Fsp3) is 0.286. The Morgan fingerprint density at radius 2 is 2.00 bits per heavy atom. The molecular weight excluding hydrogens is 269 g/mol. The molecule has 0 amide bonds. The first-order valence-corrected chi connectivity index (χ1v) is 6.63. The van der Waals surface area contributed by atoms with Gasteiger partial charge in [-0.05, 0) is 43.8 Å². The average molecular weight is 284 g/mol. The van der Waals surface area contributed by atoms with Crippen molar-refractivity contribution in [1.29, 1.82) is 0 Å². The molecule has 96 valence electrons. The maximum Gasteiger partial charge on any atom is 0.135 e. The van der Waals surface area contributed by atoms with Gasteiger partial charge in [0.1, 0.15) is 11.5 Å². The zero-order chi connectivity index (χ0) is 13.1. The Morgan fingerprint density at radius 3 is 2.61 bits per heavy atom. The molecule has 4 heteroatoms. The maximum atomic E-state index is 6.16. The van der Waals surface area contributed by atoms with Crippen LogP contribution in [-0.2, 0) is 0 Å². The average Bonchev–Trinajstić information content (AvgIpc) is 2.80. The van der Waals surface area contributed by atoms with Gasteiger partial charge in [0.05, 0.1) is 11.1 Å². The van der Waals surface area contributed by atoms with E-state index in [1.807, 2.05) is 25.2 Å². The van der Waals surface area contributed by atoms with Crippen LogP contribution < -0.4 is 5.32 Å². The lowest BCUT2D eigenvalue weighted by molar-refractivity contribution is 0.431. The van der Waals surface area contributed by atoms with E-state index >= 15 is 0 Å². The van der Waals surface area contributed by atoms with E-state index in [0.717, 1.165) is 23.5 Å². The van der Waals surface area contributed by atoms with Crippen molar-refractivity contribution in [3.8, 4) is 11.3 Å². The topological polar surface area (TPSA) is 25.2 Å². The van der Waals surface area contributed by atoms with Crippen LogP contribution in [0.25, 0.3) is 11.3 Å². The molecule has 0 bridgehead atoms. The quantitative estimate of drug-likeness (QED) is 0.861. The van der Waals surface area contributed by atoms with Crippen molar-refractivity contribution in [1.82, 2.24) is 5.32 Å². The van der Waals surface area contributed by atoms with Crippen LogP contribution in [0.5, 0.6) is 0 Å². The smallest absolute Gasteiger partial charge is 0.135 e. The minimum Gasteiger partial charge on any atom is -0.459 e. The second-order valence-electron chi connectivity index (χ2n) is 4.08. The van der Waals surface area contributed by atoms with Crippen LogP contribution in [0.2, 0.25) is 10.0 Å². The van der Waals surface area contributed by atoms with Gasteiger partial charge < -0.3 is 9.73 Å². The number of nitrogens with one attached hydrogen (secondary N) is 1. The van der Waals surface area contributed by atoms with Crippen molar-refractivity contribution < 1.29 is 4.42 Å². The van der Waals surface area contributed by atoms with Crippen molar-refractivity contribution in [2.45, 2.75) is 19.4 Å². The molecule has 0 aliphatic carbocycles. The zero-order valence-electron chi connectivity index (χ0n) is 10.3. The van der Waals surface area contributed by atoms with Gasteiger partial charge in [0, 0.05) is 10.6 Å². The SMILES string of the molecule is CCC(NC)c1ccc(-c2ccc(Cl)cc2Cl)o1. The zero-order valence-corrected chi connectivity index (χ0v) is 11.8. The molecule has 2 rings (SSSR count). The Hall–Kier alpha value is -0.960. The molecule has 1 aromatic heterocycles. The van der Waals surface area contributed by atoms with E-state index in [0.29, 0.717) is 10.0 Å². The summed E-state index contributed by atoms with van der Waals surface area (Å²) >= 11 is 12.0. The van der Waals surface area contributed by atoms with Gasteiger partial charge >= 0.3 is 0 Å². The van der Waals surface area contributed by atoms with Gasteiger partial charge in [0.2, 0.25) is 0 Å². The van der Waals surface area contributed by atoms with Crippen LogP contribution in [0, 0.1) is 0 Å². The summed E-state index contributed by atoms with van der Waals surface area (Å²) in [6, 6.07) is 9.53. The molecule has 1 N–H and O–H groups in total. The molecule has 2 aromatic rings. The number of halogens is 2. The lowest BCUT2D eigenvalue weighted by atomic mass is 10.1. The fourth-order valence-electron chi connectivity index (χ4n) is 1.92. The number of benzene rings is 1. The third kappa shape index (κ3) is 2.72. The van der Waals surface area contributed by atoms with Crippen molar-refractivity contribution in [3.63, 3.8) is 0 Å². The van der Waals surface area contributed by atoms with E-state index in [1.165, 1.54) is 0 Å². The summed E-state index contributed by atoms with van der Waals surface area (Å²) in [6.45, 7) is 2.11. The second-order valence-corrected chi connectivity index (χ2v) is 4.92. The predicted molar refractivity (Wildman–Crippen MR) is 76.3 cm³/mol. The van der Waals surface area contributed by atoms with Crippen molar-refractivity contribution in [2.75, 3.05) is 7.05 Å². The van der Waals surface area contributed by atoms with Gasteiger partial charge in [-0.1, -0.05) is 30.1 Å². The minimum absolute atomic E-state index is 0.227. The molecular formula is C14H15Cl2NO. The van der Waals surface area contributed by atoms with E-state index in [-0.39, 0.29) is 6.04 Å². The number of hydrogen-bond acceptors (Lipinski definition) is 2. The first kappa shape index (κ1) is 13.5. The summed E-state index contributed by atoms with van der Waals surface area (Å²) in [5, 5.41) is 4.43. The molecule has 1 unspecified atom stereocenters. The summed E-state index contributed by atoms with van der Waals surface area (Å²) in [5.41, 5.74) is 0.860. The van der Waals surface area contributed by atoms with Gasteiger partial charge in [-0.15, -0.1) is 0 Å². The molecule has 1 heterocycles. The van der Waals surface area contributed by atoms with Crippen LogP contribution in [0.1, 0.15) is 25.1 Å². The molecule has 0 radical (unpaired) electrons. The fourth-order valence-corrected chi connectivity index (χ4v) is 2.42. The van der Waals surface area contributed by atoms with Crippen LogP contribution in [0.4, 0.5) is 0 Å². The molecule has 0 saturated heterocycles. The first-order chi connectivity index (χ1) is 8.65. The summed E-state index contributed by atoms with van der Waals surface area (Å²) in [7, 11) is 1.92. The maximum absolute atomic E-state index is 6.16. The van der Waals surface area contributed by atoms with Gasteiger partial charge in [0.25, 0.3) is 0 Å². The largest absolute Gasteiger partial charge is 0.459 e. The van der Waals surface area contributed by atoms with Crippen LogP contribution in [-0.4, -0.2) is 7.05 Å². The molecule has 0 aliphatic heterocycles. The third-order valence-electron chi connectivity index (χ3n) is 2.92. The lowest BCUT2D eigenvalue weighted by Crippen LogP contribution is -2.14. The summed E-state index contributed by atoms with van der Waals surface area (Å²) in [4.78, 5) is 0. The predicted octanol–water partition coefficient (Wildman–Crippen LogP) is 4.92. The van der Waals surface area contributed by atoms with E-state index in [1.54, 1.807) is 12.1 Å². The van der Waals surface area contributed by atoms with Crippen molar-refractivity contribution in [3.05, 3.63) is 46.1 Å². The summed E-state index contributed by atoms with van der Waals surface area (Å²) in [5.74, 6) is 1.68. The Morgan fingerprint density at radius 1 is 1.22 bits per heavy atom. The molecule has 18 heavy (non-hydrogen) atoms. The van der Waals surface area contributed by atoms with Crippen LogP contribution in [0.15, 0.2) is 34.7 Å². The highest BCUT2D eigenvalue weighted by atomic mass is 35.5. The standard InChI is InChI=1S/C14H15Cl2NO/c1-3-12(17-2)14-7-6-13(18-14)10-5-4-9(15)8-11(10)16/h4-8,12,17H,3H2,1-2H3. The lowest BCUT2D eigenvalue weighted by Gasteiger charge is -2.10. The third-order valence-corrected chi connectivity index (χ3v) is 3.47. The number of furan rings is 1. The van der Waals surface area contributed by atoms with Crippen molar-refractivity contribution in [2.24, 2.45) is 0 Å². The Balaban J connectivity index is 2.34. The summed E-state index contributed by atoms with van der Waals surface area (Å²) in [6.07, 6.45) is 0.970. The number of rotatable bonds is 4. The normalized spacial score (nSPS) is 12.7. The first-order valence-electron chi connectivity index (χ1n) is 5.88. The van der Waals surface area contributed by atoms with Crippen LogP contribution >= 0.6 is 23.2 Å². The number of hydrogen-bond donors (Lipinski definition) is 1. The van der Waals surface area contributed by atoms with E-state index in [9.17, 15) is 0 Å². The van der Waals surface area contributed by atoms with Crippen LogP contribution in [0.3, 0.4) is 0 Å². The van der Waals surface area contributed by atoms with Gasteiger partial charge in [-0.3, -0.25) is 0 Å². The van der Waals surface area contributed by atoms with Gasteiger partial charge in [0.15, 0.2) is 0 Å². The molecule has 1 atom stereocenters. The molecule has 1 aromatic carbocycles. The Kier molecular flexibility index (Phi) is 4.33. The van der Waals surface area contributed by atoms with E-state index in [2.05, 4.69) is 12.2 Å². The van der Waals surface area contributed by atoms with Gasteiger partial charge in [-0.2, -0.15) is 0 Å². The van der Waals surface area contributed by atoms with Crippen molar-refractivity contribution >= 4 is 23.2 Å². The Labute approximate surface area is 117 Å². The molecule has 0 spiro atoms. The second kappa shape index (κ2) is 5.79. The Bertz CT molecular complexity index is 532. The highest BCUT2D eigenvalue weighted by molar-refractivity contribution is 6.36. The monoisotopic (exact) mass is 283 g/mol. The molecule has 2 nitrogen and oxygen atoms in total. The minimum atomic E-state index is 0.227. The van der Waals surface area contributed by atoms with E-state index < -0.39 is 0 Å². The van der Waals surface area contributed by atoms with E-state index in [4.69, 9.17) is 27.6 Å². The van der Waals surface area contributed by atoms with Gasteiger partial charge in [-0.25, -0.2) is 0 Å². The molecule has 0 saturated carbocycles.